The quantitative estimate of drug-likeness (QED) is 0.846. The normalized spacial score (nSPS) is 17.6. The summed E-state index contributed by atoms with van der Waals surface area (Å²) in [6.45, 7) is 4.07. The molecule has 0 spiro atoms. The van der Waals surface area contributed by atoms with Crippen molar-refractivity contribution < 1.29 is 19.0 Å². The minimum atomic E-state index is -0.773. The van der Waals surface area contributed by atoms with E-state index in [4.69, 9.17) is 4.74 Å². The van der Waals surface area contributed by atoms with Crippen LogP contribution in [0.4, 0.5) is 4.39 Å². The van der Waals surface area contributed by atoms with Crippen molar-refractivity contribution in [2.75, 3.05) is 19.8 Å². The molecule has 1 saturated heterocycles. The maximum Gasteiger partial charge on any atom is 0.308 e. The van der Waals surface area contributed by atoms with Gasteiger partial charge in [0.2, 0.25) is 0 Å². The molecule has 4 nitrogen and oxygen atoms in total. The summed E-state index contributed by atoms with van der Waals surface area (Å²) < 4.78 is 18.5. The summed E-state index contributed by atoms with van der Waals surface area (Å²) in [5, 5.41) is 12.5. The van der Waals surface area contributed by atoms with Crippen molar-refractivity contribution >= 4 is 5.97 Å². The summed E-state index contributed by atoms with van der Waals surface area (Å²) in [4.78, 5) is 11.4. The third-order valence-electron chi connectivity index (χ3n) is 4.14. The molecule has 2 rings (SSSR count). The molecule has 1 aromatic carbocycles. The van der Waals surface area contributed by atoms with Gasteiger partial charge in [-0.2, -0.15) is 0 Å². The molecule has 1 aromatic rings. The molecule has 1 atom stereocenters. The van der Waals surface area contributed by atoms with Crippen LogP contribution in [0.25, 0.3) is 0 Å². The number of hydrogen-bond donors (Lipinski definition) is 2. The van der Waals surface area contributed by atoms with Crippen molar-refractivity contribution in [3.63, 3.8) is 0 Å². The highest BCUT2D eigenvalue weighted by atomic mass is 19.1. The highest BCUT2D eigenvalue weighted by molar-refractivity contribution is 5.70. The fourth-order valence-electron chi connectivity index (χ4n) is 2.77. The summed E-state index contributed by atoms with van der Waals surface area (Å²) in [6, 6.07) is 4.66. The van der Waals surface area contributed by atoms with E-state index in [9.17, 15) is 14.3 Å². The van der Waals surface area contributed by atoms with Crippen LogP contribution in [0.5, 0.6) is 0 Å². The molecular formula is C16H22FNO3. The summed E-state index contributed by atoms with van der Waals surface area (Å²) in [5.74, 6) is -1.30. The molecule has 1 heterocycles. The van der Waals surface area contributed by atoms with Crippen LogP contribution < -0.4 is 5.32 Å². The van der Waals surface area contributed by atoms with Gasteiger partial charge in [-0.05, 0) is 48.9 Å². The van der Waals surface area contributed by atoms with Crippen molar-refractivity contribution in [2.45, 2.75) is 26.3 Å². The zero-order valence-corrected chi connectivity index (χ0v) is 12.3. The van der Waals surface area contributed by atoms with Gasteiger partial charge in [0.25, 0.3) is 0 Å². The fourth-order valence-corrected chi connectivity index (χ4v) is 2.77. The lowest BCUT2D eigenvalue weighted by atomic mass is 9.86. The molecule has 0 saturated carbocycles. The predicted molar refractivity (Wildman–Crippen MR) is 77.5 cm³/mol. The van der Waals surface area contributed by atoms with Crippen LogP contribution in [0.2, 0.25) is 0 Å². The van der Waals surface area contributed by atoms with E-state index in [1.165, 1.54) is 12.1 Å². The van der Waals surface area contributed by atoms with E-state index in [2.05, 4.69) is 5.32 Å². The van der Waals surface area contributed by atoms with Crippen molar-refractivity contribution in [3.8, 4) is 0 Å². The lowest BCUT2D eigenvalue weighted by Gasteiger charge is -2.27. The molecule has 2 N–H and O–H groups in total. The lowest BCUT2D eigenvalue weighted by molar-refractivity contribution is -0.144. The number of rotatable bonds is 6. The molecule has 21 heavy (non-hydrogen) atoms. The molecule has 1 aliphatic rings. The van der Waals surface area contributed by atoms with Crippen molar-refractivity contribution in [1.82, 2.24) is 5.32 Å². The minimum Gasteiger partial charge on any atom is -0.481 e. The molecule has 0 aliphatic carbocycles. The van der Waals surface area contributed by atoms with Gasteiger partial charge in [0.1, 0.15) is 5.82 Å². The fraction of sp³-hybridized carbons (Fsp3) is 0.562. The van der Waals surface area contributed by atoms with E-state index in [-0.39, 0.29) is 11.7 Å². The Morgan fingerprint density at radius 3 is 2.86 bits per heavy atom. The molecule has 0 bridgehead atoms. The van der Waals surface area contributed by atoms with E-state index in [0.717, 1.165) is 24.0 Å². The van der Waals surface area contributed by atoms with E-state index in [1.807, 2.05) is 6.92 Å². The van der Waals surface area contributed by atoms with Crippen LogP contribution in [-0.4, -0.2) is 30.8 Å². The number of benzene rings is 1. The lowest BCUT2D eigenvalue weighted by Crippen LogP contribution is -2.36. The smallest absolute Gasteiger partial charge is 0.308 e. The van der Waals surface area contributed by atoms with Gasteiger partial charge in [-0.15, -0.1) is 0 Å². The summed E-state index contributed by atoms with van der Waals surface area (Å²) in [7, 11) is 0. The van der Waals surface area contributed by atoms with Gasteiger partial charge in [0, 0.05) is 26.3 Å². The first-order chi connectivity index (χ1) is 10.1. The van der Waals surface area contributed by atoms with Gasteiger partial charge in [-0.25, -0.2) is 4.39 Å². The molecule has 1 fully saturated rings. The summed E-state index contributed by atoms with van der Waals surface area (Å²) >= 11 is 0. The highest BCUT2D eigenvalue weighted by Gasteiger charge is 2.29. The molecule has 1 aliphatic heterocycles. The van der Waals surface area contributed by atoms with Crippen molar-refractivity contribution in [1.29, 1.82) is 0 Å². The zero-order chi connectivity index (χ0) is 15.2. The van der Waals surface area contributed by atoms with E-state index >= 15 is 0 Å². The van der Waals surface area contributed by atoms with Gasteiger partial charge in [0.05, 0.1) is 5.92 Å². The maximum absolute atomic E-state index is 13.2. The van der Waals surface area contributed by atoms with E-state index in [0.29, 0.717) is 26.3 Å². The zero-order valence-electron chi connectivity index (χ0n) is 12.3. The van der Waals surface area contributed by atoms with Gasteiger partial charge in [-0.1, -0.05) is 6.07 Å². The van der Waals surface area contributed by atoms with Crippen LogP contribution in [0.1, 0.15) is 24.0 Å². The van der Waals surface area contributed by atoms with Gasteiger partial charge in [-0.3, -0.25) is 4.79 Å². The average Bonchev–Trinajstić information content (AvgIpc) is 2.47. The molecule has 1 unspecified atom stereocenters. The molecule has 0 amide bonds. The Balaban J connectivity index is 1.89. The highest BCUT2D eigenvalue weighted by Crippen LogP contribution is 2.24. The minimum absolute atomic E-state index is 0.150. The standard InChI is InChI=1S/C16H22FNO3/c1-11-2-3-14(17)8-13(11)9-18-10-15(16(19)20)12-4-6-21-7-5-12/h2-3,8,12,15,18H,4-7,9-10H2,1H3,(H,19,20). The first-order valence-electron chi connectivity index (χ1n) is 7.34. The third kappa shape index (κ3) is 4.51. The average molecular weight is 295 g/mol. The van der Waals surface area contributed by atoms with Crippen LogP contribution in [0, 0.1) is 24.6 Å². The number of carboxylic acid groups (broad SMARTS) is 1. The van der Waals surface area contributed by atoms with Gasteiger partial charge in [0.15, 0.2) is 0 Å². The number of nitrogens with one attached hydrogen (secondary N) is 1. The third-order valence-corrected chi connectivity index (χ3v) is 4.14. The Morgan fingerprint density at radius 1 is 1.48 bits per heavy atom. The molecule has 0 aromatic heterocycles. The van der Waals surface area contributed by atoms with Gasteiger partial charge < -0.3 is 15.2 Å². The molecule has 5 heteroatoms. The van der Waals surface area contributed by atoms with Crippen molar-refractivity contribution in [2.24, 2.45) is 11.8 Å². The summed E-state index contributed by atoms with van der Waals surface area (Å²) in [5.41, 5.74) is 1.87. The SMILES string of the molecule is Cc1ccc(F)cc1CNCC(C(=O)O)C1CCOCC1. The Bertz CT molecular complexity index is 486. The molecular weight excluding hydrogens is 273 g/mol. The Labute approximate surface area is 124 Å². The predicted octanol–water partition coefficient (Wildman–Crippen LogP) is 2.35. The molecule has 116 valence electrons. The number of aliphatic carboxylic acids is 1. The monoisotopic (exact) mass is 295 g/mol. The second kappa shape index (κ2) is 7.52. The largest absolute Gasteiger partial charge is 0.481 e. The van der Waals surface area contributed by atoms with Crippen LogP contribution in [0.15, 0.2) is 18.2 Å². The molecule has 0 radical (unpaired) electrons. The van der Waals surface area contributed by atoms with E-state index in [1.54, 1.807) is 6.07 Å². The van der Waals surface area contributed by atoms with Crippen LogP contribution in [0.3, 0.4) is 0 Å². The summed E-state index contributed by atoms with van der Waals surface area (Å²) in [6.07, 6.45) is 1.58. The second-order valence-electron chi connectivity index (χ2n) is 5.60. The Morgan fingerprint density at radius 2 is 2.19 bits per heavy atom. The number of aryl methyl sites for hydroxylation is 1. The Kier molecular flexibility index (Phi) is 5.70. The first-order valence-corrected chi connectivity index (χ1v) is 7.34. The number of carbonyl (C=O) groups is 1. The van der Waals surface area contributed by atoms with Crippen LogP contribution >= 0.6 is 0 Å². The number of carboxylic acids is 1. The first kappa shape index (κ1) is 15.9. The topological polar surface area (TPSA) is 58.6 Å². The second-order valence-corrected chi connectivity index (χ2v) is 5.60. The van der Waals surface area contributed by atoms with Crippen molar-refractivity contribution in [3.05, 3.63) is 35.1 Å². The number of halogens is 1. The van der Waals surface area contributed by atoms with E-state index < -0.39 is 11.9 Å². The number of ether oxygens (including phenoxy) is 1. The Hall–Kier alpha value is -1.46. The van der Waals surface area contributed by atoms with Crippen LogP contribution in [-0.2, 0) is 16.1 Å². The maximum atomic E-state index is 13.2. The number of hydrogen-bond acceptors (Lipinski definition) is 3. The van der Waals surface area contributed by atoms with Gasteiger partial charge >= 0.3 is 5.97 Å².